The summed E-state index contributed by atoms with van der Waals surface area (Å²) in [5.74, 6) is 3.88. The first kappa shape index (κ1) is 27.5. The number of hydrogen-bond donors (Lipinski definition) is 3. The zero-order valence-corrected chi connectivity index (χ0v) is 24.8. The molecule has 4 saturated carbocycles. The highest BCUT2D eigenvalue weighted by Gasteiger charge is 2.62. The molecule has 2 aromatic rings. The molecule has 4 aliphatic rings. The maximum atomic E-state index is 12.9. The smallest absolute Gasteiger partial charge is 0.226 e. The van der Waals surface area contributed by atoms with Gasteiger partial charge in [0.05, 0.1) is 29.5 Å². The Kier molecular flexibility index (Phi) is 7.25. The summed E-state index contributed by atoms with van der Waals surface area (Å²) in [6.07, 6.45) is 9.55. The number of rotatable bonds is 6. The predicted molar refractivity (Wildman–Crippen MR) is 156 cm³/mol. The number of aliphatic hydroxyl groups excluding tert-OH is 2. The second kappa shape index (κ2) is 10.3. The Morgan fingerprint density at radius 3 is 2.69 bits per heavy atom. The summed E-state index contributed by atoms with van der Waals surface area (Å²) in [5, 5.41) is 25.5. The van der Waals surface area contributed by atoms with Gasteiger partial charge in [0.15, 0.2) is 5.13 Å². The highest BCUT2D eigenvalue weighted by Crippen LogP contribution is 2.68. The zero-order chi connectivity index (χ0) is 27.5. The van der Waals surface area contributed by atoms with E-state index in [1.165, 1.54) is 37.0 Å². The maximum absolute atomic E-state index is 12.9. The Labute approximate surface area is 236 Å². The molecule has 3 N–H and O–H groups in total. The molecule has 39 heavy (non-hydrogen) atoms. The summed E-state index contributed by atoms with van der Waals surface area (Å²) < 4.78 is 6.32. The van der Waals surface area contributed by atoms with Gasteiger partial charge in [0.2, 0.25) is 5.91 Å². The van der Waals surface area contributed by atoms with Gasteiger partial charge in [-0.15, -0.1) is 0 Å². The Morgan fingerprint density at radius 2 is 1.90 bits per heavy atom. The fourth-order valence-electron chi connectivity index (χ4n) is 10.0. The molecule has 0 spiro atoms. The lowest BCUT2D eigenvalue weighted by molar-refractivity contribution is -0.174. The molecular weight excluding hydrogens is 508 g/mol. The number of thiazole rings is 1. The van der Waals surface area contributed by atoms with Crippen LogP contribution in [-0.2, 0) is 4.79 Å². The lowest BCUT2D eigenvalue weighted by Crippen LogP contribution is -2.58. The molecule has 4 fully saturated rings. The molecule has 1 heterocycles. The molecule has 6 rings (SSSR count). The SMILES string of the molecule is COc1ccc2nc(NC(=O)CC[C@H](C)[C@@H]3CC[C@@H]4[C@H]5[C@H](O)C[C@H]6C[C@@H](O)CC[C@@]6(C)[C@@H]5CC[C@]43C)sc2c1. The quantitative estimate of drug-likeness (QED) is 0.372. The average Bonchev–Trinajstić information content (AvgIpc) is 3.47. The molecule has 7 heteroatoms. The number of aromatic nitrogens is 1. The van der Waals surface area contributed by atoms with Gasteiger partial charge in [0.25, 0.3) is 0 Å². The van der Waals surface area contributed by atoms with Gasteiger partial charge in [-0.3, -0.25) is 4.79 Å². The van der Waals surface area contributed by atoms with Crippen LogP contribution in [-0.4, -0.2) is 40.4 Å². The summed E-state index contributed by atoms with van der Waals surface area (Å²) in [5.41, 5.74) is 1.37. The van der Waals surface area contributed by atoms with E-state index >= 15 is 0 Å². The molecule has 1 aromatic carbocycles. The highest BCUT2D eigenvalue weighted by atomic mass is 32.1. The number of benzene rings is 1. The largest absolute Gasteiger partial charge is 0.497 e. The molecule has 0 saturated heterocycles. The van der Waals surface area contributed by atoms with Crippen LogP contribution in [0.25, 0.3) is 10.2 Å². The normalized spacial score (nSPS) is 40.4. The van der Waals surface area contributed by atoms with E-state index in [-0.39, 0.29) is 28.9 Å². The van der Waals surface area contributed by atoms with Crippen LogP contribution in [0.2, 0.25) is 0 Å². The van der Waals surface area contributed by atoms with Crippen molar-refractivity contribution in [3.05, 3.63) is 18.2 Å². The van der Waals surface area contributed by atoms with Crippen molar-refractivity contribution in [3.63, 3.8) is 0 Å². The number of fused-ring (bicyclic) bond motifs is 6. The van der Waals surface area contributed by atoms with E-state index in [2.05, 4.69) is 31.1 Å². The Bertz CT molecular complexity index is 1220. The van der Waals surface area contributed by atoms with Crippen molar-refractivity contribution in [2.75, 3.05) is 12.4 Å². The van der Waals surface area contributed by atoms with Crippen LogP contribution < -0.4 is 10.1 Å². The number of carbonyl (C=O) groups is 1. The van der Waals surface area contributed by atoms with Gasteiger partial charge in [0.1, 0.15) is 5.75 Å². The third-order valence-electron chi connectivity index (χ3n) is 12.1. The van der Waals surface area contributed by atoms with E-state index in [9.17, 15) is 15.0 Å². The van der Waals surface area contributed by atoms with E-state index in [0.29, 0.717) is 47.1 Å². The first-order valence-corrected chi connectivity index (χ1v) is 16.0. The number of methoxy groups -OCH3 is 1. The van der Waals surface area contributed by atoms with E-state index < -0.39 is 0 Å². The van der Waals surface area contributed by atoms with Gasteiger partial charge in [-0.25, -0.2) is 4.98 Å². The lowest BCUT2D eigenvalue weighted by atomic mass is 9.43. The summed E-state index contributed by atoms with van der Waals surface area (Å²) in [7, 11) is 1.65. The van der Waals surface area contributed by atoms with E-state index in [0.717, 1.165) is 48.1 Å². The number of anilines is 1. The van der Waals surface area contributed by atoms with Crippen LogP contribution in [0.15, 0.2) is 18.2 Å². The van der Waals surface area contributed by atoms with E-state index in [4.69, 9.17) is 4.74 Å². The van der Waals surface area contributed by atoms with Crippen molar-refractivity contribution < 1.29 is 19.7 Å². The topological polar surface area (TPSA) is 91.7 Å². The van der Waals surface area contributed by atoms with Crippen LogP contribution in [0, 0.1) is 46.3 Å². The third kappa shape index (κ3) is 4.70. The van der Waals surface area contributed by atoms with Crippen molar-refractivity contribution in [2.24, 2.45) is 46.3 Å². The maximum Gasteiger partial charge on any atom is 0.226 e. The van der Waals surface area contributed by atoms with Gasteiger partial charge in [-0.05, 0) is 122 Å². The van der Waals surface area contributed by atoms with Gasteiger partial charge in [-0.1, -0.05) is 32.1 Å². The predicted octanol–water partition coefficient (Wildman–Crippen LogP) is 6.65. The number of ether oxygens (including phenoxy) is 1. The van der Waals surface area contributed by atoms with Gasteiger partial charge in [0, 0.05) is 6.42 Å². The minimum absolute atomic E-state index is 0.0393. The van der Waals surface area contributed by atoms with E-state index in [1.807, 2.05) is 18.2 Å². The molecule has 0 unspecified atom stereocenters. The molecular formula is C32H46N2O4S. The molecule has 10 atom stereocenters. The van der Waals surface area contributed by atoms with Gasteiger partial charge in [-0.2, -0.15) is 0 Å². The lowest BCUT2D eigenvalue weighted by Gasteiger charge is -2.62. The minimum atomic E-state index is -0.239. The standard InChI is InChI=1S/C32H46N2O4S/c1-18(5-10-28(37)34-30-33-25-9-6-21(38-4)17-27(25)39-30)22-7-8-23-29-24(12-14-32(22,23)3)31(2)13-11-20(35)15-19(31)16-26(29)36/h6,9,17-20,22-24,26,29,35-36H,5,7-8,10-16H2,1-4H3,(H,33,34,37)/t18-,19+,20-,22-,23+,24+,26+,29+,31+,32-/m0/s1. The second-order valence-electron chi connectivity index (χ2n) is 13.9. The number of hydrogen-bond acceptors (Lipinski definition) is 6. The van der Waals surface area contributed by atoms with Crippen molar-refractivity contribution >= 4 is 32.6 Å². The van der Waals surface area contributed by atoms with Crippen LogP contribution in [0.4, 0.5) is 5.13 Å². The van der Waals surface area contributed by atoms with Crippen molar-refractivity contribution in [3.8, 4) is 5.75 Å². The number of nitrogens with one attached hydrogen (secondary N) is 1. The number of nitrogens with zero attached hydrogens (tertiary/aromatic N) is 1. The third-order valence-corrected chi connectivity index (χ3v) is 13.0. The first-order valence-electron chi connectivity index (χ1n) is 15.2. The zero-order valence-electron chi connectivity index (χ0n) is 24.0. The van der Waals surface area contributed by atoms with Crippen LogP contribution in [0.1, 0.15) is 85.0 Å². The van der Waals surface area contributed by atoms with Crippen molar-refractivity contribution in [1.29, 1.82) is 0 Å². The summed E-state index contributed by atoms with van der Waals surface area (Å²) in [4.78, 5) is 17.5. The summed E-state index contributed by atoms with van der Waals surface area (Å²) >= 11 is 1.49. The molecule has 1 amide bonds. The van der Waals surface area contributed by atoms with Gasteiger partial charge < -0.3 is 20.3 Å². The second-order valence-corrected chi connectivity index (χ2v) is 14.9. The fourth-order valence-corrected chi connectivity index (χ4v) is 10.9. The fraction of sp³-hybridized carbons (Fsp3) is 0.750. The summed E-state index contributed by atoms with van der Waals surface area (Å²) in [6.45, 7) is 7.33. The highest BCUT2D eigenvalue weighted by molar-refractivity contribution is 7.22. The molecule has 0 bridgehead atoms. The van der Waals surface area contributed by atoms with Gasteiger partial charge >= 0.3 is 0 Å². The minimum Gasteiger partial charge on any atom is -0.497 e. The number of amides is 1. The molecule has 1 aromatic heterocycles. The number of aliphatic hydroxyl groups is 2. The van der Waals surface area contributed by atoms with E-state index in [1.54, 1.807) is 7.11 Å². The Morgan fingerprint density at radius 1 is 1.13 bits per heavy atom. The Balaban J connectivity index is 1.09. The molecule has 0 aliphatic heterocycles. The van der Waals surface area contributed by atoms with Crippen LogP contribution in [0.3, 0.4) is 0 Å². The number of carbonyl (C=O) groups excluding carboxylic acids is 1. The van der Waals surface area contributed by atoms with Crippen LogP contribution in [0.5, 0.6) is 5.75 Å². The molecule has 6 nitrogen and oxygen atoms in total. The van der Waals surface area contributed by atoms with Crippen molar-refractivity contribution in [2.45, 2.75) is 97.2 Å². The molecule has 214 valence electrons. The molecule has 0 radical (unpaired) electrons. The average molecular weight is 555 g/mol. The first-order chi connectivity index (χ1) is 18.6. The Hall–Kier alpha value is -1.70. The molecule has 4 aliphatic carbocycles. The summed E-state index contributed by atoms with van der Waals surface area (Å²) in [6, 6.07) is 5.77. The van der Waals surface area contributed by atoms with Crippen LogP contribution >= 0.6 is 11.3 Å². The van der Waals surface area contributed by atoms with Crippen molar-refractivity contribution in [1.82, 2.24) is 4.98 Å². The monoisotopic (exact) mass is 554 g/mol.